The highest BCUT2D eigenvalue weighted by Gasteiger charge is 2.20. The van der Waals surface area contributed by atoms with Crippen molar-refractivity contribution in [1.29, 1.82) is 0 Å². The van der Waals surface area contributed by atoms with Crippen molar-refractivity contribution in [2.75, 3.05) is 46.9 Å². The zero-order valence-electron chi connectivity index (χ0n) is 17.0. The summed E-state index contributed by atoms with van der Waals surface area (Å²) in [5, 5.41) is 0. The molecule has 1 saturated heterocycles. The number of ether oxygens (including phenoxy) is 1. The first-order chi connectivity index (χ1) is 13.6. The molecule has 0 N–H and O–H groups in total. The fourth-order valence-electron chi connectivity index (χ4n) is 3.65. The molecule has 0 saturated carbocycles. The van der Waals surface area contributed by atoms with Crippen LogP contribution < -0.4 is 4.74 Å². The second-order valence-corrected chi connectivity index (χ2v) is 7.52. The van der Waals surface area contributed by atoms with E-state index in [1.54, 1.807) is 7.11 Å². The number of hydrogen-bond acceptors (Lipinski definition) is 4. The van der Waals surface area contributed by atoms with Crippen LogP contribution in [0.4, 0.5) is 0 Å². The van der Waals surface area contributed by atoms with Crippen molar-refractivity contribution in [2.24, 2.45) is 0 Å². The molecule has 2 aromatic rings. The molecule has 1 aliphatic heterocycles. The molecule has 1 amide bonds. The van der Waals surface area contributed by atoms with Crippen molar-refractivity contribution in [3.8, 4) is 5.75 Å². The van der Waals surface area contributed by atoms with Crippen LogP contribution in [-0.4, -0.2) is 67.5 Å². The van der Waals surface area contributed by atoms with Gasteiger partial charge in [-0.3, -0.25) is 14.6 Å². The maximum atomic E-state index is 12.7. The molecule has 0 unspecified atom stereocenters. The van der Waals surface area contributed by atoms with Gasteiger partial charge in [-0.1, -0.05) is 42.5 Å². The summed E-state index contributed by atoms with van der Waals surface area (Å²) in [4.78, 5) is 19.3. The fraction of sp³-hybridized carbons (Fsp3) is 0.435. The zero-order valence-corrected chi connectivity index (χ0v) is 17.0. The molecular formula is C23H31N3O2. The van der Waals surface area contributed by atoms with Crippen LogP contribution >= 0.6 is 0 Å². The Morgan fingerprint density at radius 1 is 0.964 bits per heavy atom. The van der Waals surface area contributed by atoms with E-state index < -0.39 is 0 Å². The number of hydrogen-bond donors (Lipinski definition) is 0. The van der Waals surface area contributed by atoms with E-state index in [1.165, 1.54) is 11.1 Å². The van der Waals surface area contributed by atoms with E-state index in [2.05, 4.69) is 34.1 Å². The molecule has 150 valence electrons. The molecule has 0 aromatic heterocycles. The summed E-state index contributed by atoms with van der Waals surface area (Å²) < 4.78 is 5.23. The van der Waals surface area contributed by atoms with E-state index in [1.807, 2.05) is 42.3 Å². The molecule has 5 nitrogen and oxygen atoms in total. The number of benzene rings is 2. The van der Waals surface area contributed by atoms with Gasteiger partial charge in [-0.25, -0.2) is 0 Å². The summed E-state index contributed by atoms with van der Waals surface area (Å²) in [6.45, 7) is 5.76. The van der Waals surface area contributed by atoms with Crippen LogP contribution in [0.25, 0.3) is 0 Å². The first kappa shape index (κ1) is 20.4. The van der Waals surface area contributed by atoms with Gasteiger partial charge in [0, 0.05) is 39.3 Å². The maximum absolute atomic E-state index is 12.7. The lowest BCUT2D eigenvalue weighted by Crippen LogP contribution is -2.40. The summed E-state index contributed by atoms with van der Waals surface area (Å²) in [5.74, 6) is 1.11. The Hall–Kier alpha value is -2.37. The van der Waals surface area contributed by atoms with Crippen molar-refractivity contribution >= 4 is 5.91 Å². The van der Waals surface area contributed by atoms with Gasteiger partial charge in [0.25, 0.3) is 0 Å². The minimum Gasteiger partial charge on any atom is -0.497 e. The van der Waals surface area contributed by atoms with Gasteiger partial charge in [-0.05, 0) is 36.7 Å². The van der Waals surface area contributed by atoms with Gasteiger partial charge < -0.3 is 9.64 Å². The van der Waals surface area contributed by atoms with Crippen molar-refractivity contribution in [3.05, 3.63) is 65.7 Å². The lowest BCUT2D eigenvalue weighted by molar-refractivity contribution is -0.132. The number of carbonyl (C=O) groups excluding carboxylic acids is 1. The second kappa shape index (κ2) is 10.2. The Morgan fingerprint density at radius 3 is 2.43 bits per heavy atom. The highest BCUT2D eigenvalue weighted by Crippen LogP contribution is 2.14. The number of methoxy groups -OCH3 is 1. The number of amides is 1. The third-order valence-electron chi connectivity index (χ3n) is 5.21. The van der Waals surface area contributed by atoms with Crippen LogP contribution in [0.1, 0.15) is 17.5 Å². The predicted octanol–water partition coefficient (Wildman–Crippen LogP) is 2.86. The van der Waals surface area contributed by atoms with Crippen LogP contribution in [0, 0.1) is 0 Å². The molecule has 1 heterocycles. The minimum absolute atomic E-state index is 0.227. The van der Waals surface area contributed by atoms with Gasteiger partial charge in [0.15, 0.2) is 0 Å². The predicted molar refractivity (Wildman–Crippen MR) is 112 cm³/mol. The Kier molecular flexibility index (Phi) is 7.46. The molecular weight excluding hydrogens is 350 g/mol. The van der Waals surface area contributed by atoms with Crippen LogP contribution in [0.2, 0.25) is 0 Å². The smallest absolute Gasteiger partial charge is 0.236 e. The molecule has 0 radical (unpaired) electrons. The minimum atomic E-state index is 0.227. The highest BCUT2D eigenvalue weighted by molar-refractivity contribution is 5.78. The van der Waals surface area contributed by atoms with Gasteiger partial charge in [-0.2, -0.15) is 0 Å². The topological polar surface area (TPSA) is 36.0 Å². The lowest BCUT2D eigenvalue weighted by Gasteiger charge is -2.24. The second-order valence-electron chi connectivity index (χ2n) is 7.52. The Morgan fingerprint density at radius 2 is 1.71 bits per heavy atom. The van der Waals surface area contributed by atoms with E-state index in [9.17, 15) is 4.79 Å². The van der Waals surface area contributed by atoms with Gasteiger partial charge in [-0.15, -0.1) is 0 Å². The summed E-state index contributed by atoms with van der Waals surface area (Å²) in [5.41, 5.74) is 2.52. The quantitative estimate of drug-likeness (QED) is 0.739. The summed E-state index contributed by atoms with van der Waals surface area (Å²) in [6.07, 6.45) is 1.02. The normalized spacial score (nSPS) is 15.5. The van der Waals surface area contributed by atoms with E-state index >= 15 is 0 Å². The summed E-state index contributed by atoms with van der Waals surface area (Å²) in [6, 6.07) is 18.5. The first-order valence-corrected chi connectivity index (χ1v) is 9.99. The third kappa shape index (κ3) is 6.08. The average Bonchev–Trinajstić information content (AvgIpc) is 2.95. The Bertz CT molecular complexity index is 733. The lowest BCUT2D eigenvalue weighted by atomic mass is 10.2. The van der Waals surface area contributed by atoms with Crippen molar-refractivity contribution in [3.63, 3.8) is 0 Å². The van der Waals surface area contributed by atoms with Crippen molar-refractivity contribution in [2.45, 2.75) is 19.5 Å². The Labute approximate surface area is 168 Å². The van der Waals surface area contributed by atoms with E-state index in [4.69, 9.17) is 4.74 Å². The maximum Gasteiger partial charge on any atom is 0.236 e. The third-order valence-corrected chi connectivity index (χ3v) is 5.21. The molecule has 2 aromatic carbocycles. The molecule has 0 bridgehead atoms. The highest BCUT2D eigenvalue weighted by atomic mass is 16.5. The van der Waals surface area contributed by atoms with Crippen LogP contribution in [0.5, 0.6) is 5.75 Å². The Balaban J connectivity index is 1.46. The molecule has 0 aliphatic carbocycles. The first-order valence-electron chi connectivity index (χ1n) is 9.99. The molecule has 1 aliphatic rings. The average molecular weight is 382 g/mol. The molecule has 28 heavy (non-hydrogen) atoms. The zero-order chi connectivity index (χ0) is 19.8. The number of likely N-dealkylation sites (N-methyl/N-ethyl adjacent to an activating group) is 1. The van der Waals surface area contributed by atoms with E-state index in [0.29, 0.717) is 6.54 Å². The molecule has 1 fully saturated rings. The largest absolute Gasteiger partial charge is 0.497 e. The molecule has 0 atom stereocenters. The summed E-state index contributed by atoms with van der Waals surface area (Å²) in [7, 11) is 3.70. The van der Waals surface area contributed by atoms with Gasteiger partial charge in [0.1, 0.15) is 5.75 Å². The van der Waals surface area contributed by atoms with Gasteiger partial charge in [0.2, 0.25) is 5.91 Å². The molecule has 3 rings (SSSR count). The molecule has 5 heteroatoms. The van der Waals surface area contributed by atoms with Crippen LogP contribution in [0.15, 0.2) is 54.6 Å². The van der Waals surface area contributed by atoms with Crippen LogP contribution in [0.3, 0.4) is 0 Å². The van der Waals surface area contributed by atoms with Gasteiger partial charge in [0.05, 0.1) is 13.7 Å². The number of rotatable bonds is 7. The molecule has 0 spiro atoms. The SMILES string of the molecule is COc1ccc(CN2CCCN(C(=O)CN(C)Cc3ccccc3)CC2)cc1. The van der Waals surface area contributed by atoms with Crippen molar-refractivity contribution < 1.29 is 9.53 Å². The van der Waals surface area contributed by atoms with E-state index in [-0.39, 0.29) is 5.91 Å². The van der Waals surface area contributed by atoms with Crippen molar-refractivity contribution in [1.82, 2.24) is 14.7 Å². The number of carbonyl (C=O) groups is 1. The van der Waals surface area contributed by atoms with E-state index in [0.717, 1.165) is 51.4 Å². The van der Waals surface area contributed by atoms with Gasteiger partial charge >= 0.3 is 0 Å². The monoisotopic (exact) mass is 381 g/mol. The summed E-state index contributed by atoms with van der Waals surface area (Å²) >= 11 is 0. The fourth-order valence-corrected chi connectivity index (χ4v) is 3.65. The van der Waals surface area contributed by atoms with Crippen LogP contribution in [-0.2, 0) is 17.9 Å². The number of nitrogens with zero attached hydrogens (tertiary/aromatic N) is 3. The standard InChI is InChI=1S/C23H31N3O2/c1-24(17-20-7-4-3-5-8-20)19-23(27)26-14-6-13-25(15-16-26)18-21-9-11-22(28-2)12-10-21/h3-5,7-12H,6,13-19H2,1-2H3.